The molecule has 1 rings (SSSR count). The number of rotatable bonds is 6. The van der Waals surface area contributed by atoms with Crippen molar-refractivity contribution in [2.24, 2.45) is 0 Å². The molecule has 17 heavy (non-hydrogen) atoms. The third kappa shape index (κ3) is 5.70. The summed E-state index contributed by atoms with van der Waals surface area (Å²) >= 11 is 0. The van der Waals surface area contributed by atoms with Crippen LogP contribution in [-0.2, 0) is 20.7 Å². The topological polar surface area (TPSA) is 55.4 Å². The molecule has 0 aromatic heterocycles. The van der Waals surface area contributed by atoms with Crippen molar-refractivity contribution < 1.29 is 14.3 Å². The Morgan fingerprint density at radius 3 is 2.59 bits per heavy atom. The molecule has 0 fully saturated rings. The van der Waals surface area contributed by atoms with Gasteiger partial charge in [-0.25, -0.2) is 0 Å². The van der Waals surface area contributed by atoms with Crippen molar-refractivity contribution in [1.82, 2.24) is 5.32 Å². The zero-order valence-corrected chi connectivity index (χ0v) is 9.94. The van der Waals surface area contributed by atoms with Gasteiger partial charge in [0.2, 0.25) is 5.91 Å². The van der Waals surface area contributed by atoms with E-state index >= 15 is 0 Å². The first-order valence-electron chi connectivity index (χ1n) is 5.60. The minimum atomic E-state index is -0.429. The molecule has 0 radical (unpaired) electrons. The number of carbonyl (C=O) groups excluding carboxylic acids is 2. The maximum atomic E-state index is 11.3. The first-order chi connectivity index (χ1) is 8.22. The second-order valence-electron chi connectivity index (χ2n) is 3.69. The molecule has 0 saturated carbocycles. The number of esters is 1. The van der Waals surface area contributed by atoms with E-state index in [0.29, 0.717) is 6.42 Å². The molecule has 0 aliphatic rings. The van der Waals surface area contributed by atoms with Crippen molar-refractivity contribution in [2.75, 3.05) is 13.7 Å². The van der Waals surface area contributed by atoms with Crippen LogP contribution in [0.4, 0.5) is 0 Å². The van der Waals surface area contributed by atoms with Crippen LogP contribution in [0.15, 0.2) is 30.3 Å². The highest BCUT2D eigenvalue weighted by Crippen LogP contribution is 2.04. The lowest BCUT2D eigenvalue weighted by Gasteiger charge is -2.04. The standard InChI is InChI=1S/C13H17NO3/c1-17-13(16)10-14-12(15)9-5-8-11-6-3-2-4-7-11/h2-4,6-7H,5,8-10H2,1H3,(H,14,15). The number of carbonyl (C=O) groups is 2. The van der Waals surface area contributed by atoms with E-state index in [0.717, 1.165) is 12.8 Å². The van der Waals surface area contributed by atoms with Crippen molar-refractivity contribution in [3.05, 3.63) is 35.9 Å². The van der Waals surface area contributed by atoms with Gasteiger partial charge in [0.05, 0.1) is 7.11 Å². The molecule has 4 heteroatoms. The molecule has 92 valence electrons. The quantitative estimate of drug-likeness (QED) is 0.756. The van der Waals surface area contributed by atoms with E-state index < -0.39 is 5.97 Å². The van der Waals surface area contributed by atoms with Crippen LogP contribution in [-0.4, -0.2) is 25.5 Å². The number of benzene rings is 1. The van der Waals surface area contributed by atoms with Gasteiger partial charge in [-0.2, -0.15) is 0 Å². The predicted octanol–water partition coefficient (Wildman–Crippen LogP) is 1.30. The minimum Gasteiger partial charge on any atom is -0.468 e. The van der Waals surface area contributed by atoms with E-state index in [9.17, 15) is 9.59 Å². The second-order valence-corrected chi connectivity index (χ2v) is 3.69. The van der Waals surface area contributed by atoms with E-state index in [-0.39, 0.29) is 12.5 Å². The van der Waals surface area contributed by atoms with Gasteiger partial charge in [-0.3, -0.25) is 9.59 Å². The molecule has 1 N–H and O–H groups in total. The van der Waals surface area contributed by atoms with Crippen molar-refractivity contribution >= 4 is 11.9 Å². The fourth-order valence-electron chi connectivity index (χ4n) is 1.43. The van der Waals surface area contributed by atoms with Crippen molar-refractivity contribution in [3.63, 3.8) is 0 Å². The number of nitrogens with one attached hydrogen (secondary N) is 1. The number of hydrogen-bond donors (Lipinski definition) is 1. The molecular weight excluding hydrogens is 218 g/mol. The molecule has 1 aromatic rings. The van der Waals surface area contributed by atoms with Crippen LogP contribution < -0.4 is 5.32 Å². The lowest BCUT2D eigenvalue weighted by molar-refractivity contribution is -0.141. The Morgan fingerprint density at radius 1 is 1.24 bits per heavy atom. The summed E-state index contributed by atoms with van der Waals surface area (Å²) in [6.07, 6.45) is 2.06. The van der Waals surface area contributed by atoms with Gasteiger partial charge >= 0.3 is 5.97 Å². The van der Waals surface area contributed by atoms with Gasteiger partial charge in [-0.15, -0.1) is 0 Å². The van der Waals surface area contributed by atoms with Crippen LogP contribution in [0.5, 0.6) is 0 Å². The first-order valence-corrected chi connectivity index (χ1v) is 5.60. The monoisotopic (exact) mass is 235 g/mol. The second kappa shape index (κ2) is 7.44. The third-order valence-electron chi connectivity index (χ3n) is 2.37. The van der Waals surface area contributed by atoms with Crippen LogP contribution in [0.1, 0.15) is 18.4 Å². The van der Waals surface area contributed by atoms with Crippen molar-refractivity contribution in [1.29, 1.82) is 0 Å². The maximum Gasteiger partial charge on any atom is 0.325 e. The Kier molecular flexibility index (Phi) is 5.79. The fraction of sp³-hybridized carbons (Fsp3) is 0.385. The molecule has 0 aliphatic heterocycles. The summed E-state index contributed by atoms with van der Waals surface area (Å²) in [5.41, 5.74) is 1.22. The summed E-state index contributed by atoms with van der Waals surface area (Å²) in [7, 11) is 1.30. The van der Waals surface area contributed by atoms with E-state index in [1.54, 1.807) is 0 Å². The van der Waals surface area contributed by atoms with E-state index in [1.807, 2.05) is 30.3 Å². The Balaban J connectivity index is 2.14. The Labute approximate surface area is 101 Å². The molecule has 0 spiro atoms. The molecule has 0 heterocycles. The van der Waals surface area contributed by atoms with Crippen molar-refractivity contribution in [3.8, 4) is 0 Å². The van der Waals surface area contributed by atoms with Gasteiger partial charge < -0.3 is 10.1 Å². The largest absolute Gasteiger partial charge is 0.468 e. The van der Waals surface area contributed by atoms with E-state index in [1.165, 1.54) is 12.7 Å². The summed E-state index contributed by atoms with van der Waals surface area (Å²) in [5.74, 6) is -0.548. The molecular formula is C13H17NO3. The first kappa shape index (κ1) is 13.2. The summed E-state index contributed by atoms with van der Waals surface area (Å²) in [6, 6.07) is 9.99. The molecule has 0 aliphatic carbocycles. The maximum absolute atomic E-state index is 11.3. The van der Waals surface area contributed by atoms with Crippen LogP contribution >= 0.6 is 0 Å². The van der Waals surface area contributed by atoms with Crippen LogP contribution in [0.2, 0.25) is 0 Å². The summed E-state index contributed by atoms with van der Waals surface area (Å²) < 4.78 is 4.42. The van der Waals surface area contributed by atoms with Crippen LogP contribution in [0.25, 0.3) is 0 Å². The van der Waals surface area contributed by atoms with Gasteiger partial charge in [-0.05, 0) is 18.4 Å². The fourth-order valence-corrected chi connectivity index (χ4v) is 1.43. The van der Waals surface area contributed by atoms with Crippen LogP contribution in [0, 0.1) is 0 Å². The summed E-state index contributed by atoms with van der Waals surface area (Å²) in [4.78, 5) is 22.1. The van der Waals surface area contributed by atoms with E-state index in [2.05, 4.69) is 10.1 Å². The Morgan fingerprint density at radius 2 is 1.94 bits per heavy atom. The molecule has 0 atom stereocenters. The highest BCUT2D eigenvalue weighted by molar-refractivity contribution is 5.81. The lowest BCUT2D eigenvalue weighted by atomic mass is 10.1. The van der Waals surface area contributed by atoms with Crippen LogP contribution in [0.3, 0.4) is 0 Å². The molecule has 1 amide bonds. The normalized spacial score (nSPS) is 9.71. The molecule has 0 saturated heterocycles. The average Bonchev–Trinajstić information content (AvgIpc) is 2.37. The smallest absolute Gasteiger partial charge is 0.325 e. The number of methoxy groups -OCH3 is 1. The number of amides is 1. The molecule has 0 bridgehead atoms. The van der Waals surface area contributed by atoms with Gasteiger partial charge in [0.25, 0.3) is 0 Å². The molecule has 4 nitrogen and oxygen atoms in total. The predicted molar refractivity (Wildman–Crippen MR) is 64.4 cm³/mol. The Hall–Kier alpha value is -1.84. The van der Waals surface area contributed by atoms with Gasteiger partial charge in [0.1, 0.15) is 6.54 Å². The zero-order chi connectivity index (χ0) is 12.5. The summed E-state index contributed by atoms with van der Waals surface area (Å²) in [6.45, 7) is -0.0549. The van der Waals surface area contributed by atoms with Gasteiger partial charge in [0, 0.05) is 6.42 Å². The average molecular weight is 235 g/mol. The number of hydrogen-bond acceptors (Lipinski definition) is 3. The summed E-state index contributed by atoms with van der Waals surface area (Å²) in [5, 5.41) is 2.51. The highest BCUT2D eigenvalue weighted by atomic mass is 16.5. The number of ether oxygens (including phenoxy) is 1. The van der Waals surface area contributed by atoms with Gasteiger partial charge in [-0.1, -0.05) is 30.3 Å². The SMILES string of the molecule is COC(=O)CNC(=O)CCCc1ccccc1. The highest BCUT2D eigenvalue weighted by Gasteiger charge is 2.04. The molecule has 1 aromatic carbocycles. The van der Waals surface area contributed by atoms with Gasteiger partial charge in [0.15, 0.2) is 0 Å². The third-order valence-corrected chi connectivity index (χ3v) is 2.37. The molecule has 0 unspecified atom stereocenters. The van der Waals surface area contributed by atoms with E-state index in [4.69, 9.17) is 0 Å². The van der Waals surface area contributed by atoms with Crippen molar-refractivity contribution in [2.45, 2.75) is 19.3 Å². The zero-order valence-electron chi connectivity index (χ0n) is 9.94. The minimum absolute atomic E-state index is 0.0549. The Bertz CT molecular complexity index is 362. The lowest BCUT2D eigenvalue weighted by Crippen LogP contribution is -2.29. The number of aryl methyl sites for hydroxylation is 1.